The maximum atomic E-state index is 12.5. The molecule has 2 aromatic rings. The van der Waals surface area contributed by atoms with Gasteiger partial charge in [-0.05, 0) is 77.6 Å². The van der Waals surface area contributed by atoms with Crippen LogP contribution in [0.3, 0.4) is 0 Å². The Balaban J connectivity index is 2.26. The molecule has 0 aliphatic carbocycles. The number of nitriles is 1. The lowest BCUT2D eigenvalue weighted by atomic mass is 10.1. The monoisotopic (exact) mass is 491 g/mol. The Morgan fingerprint density at radius 2 is 1.96 bits per heavy atom. The number of anilines is 2. The fourth-order valence-electron chi connectivity index (χ4n) is 2.46. The second-order valence-corrected chi connectivity index (χ2v) is 7.19. The molecule has 1 amide bonds. The molecule has 0 bridgehead atoms. The molecule has 0 aliphatic heterocycles. The van der Waals surface area contributed by atoms with Gasteiger partial charge in [0.1, 0.15) is 11.6 Å². The third-order valence-corrected chi connectivity index (χ3v) is 4.66. The van der Waals surface area contributed by atoms with Gasteiger partial charge in [0, 0.05) is 25.5 Å². The van der Waals surface area contributed by atoms with Crippen LogP contribution < -0.4 is 19.7 Å². The molecule has 7 heteroatoms. The van der Waals surface area contributed by atoms with Crippen LogP contribution in [0.1, 0.15) is 12.5 Å². The van der Waals surface area contributed by atoms with E-state index in [1.165, 1.54) is 6.08 Å². The Bertz CT molecular complexity index is 916. The molecule has 0 fully saturated rings. The van der Waals surface area contributed by atoms with Gasteiger partial charge in [0.15, 0.2) is 11.5 Å². The predicted octanol–water partition coefficient (Wildman–Crippen LogP) is 4.31. The fraction of sp³-hybridized carbons (Fsp3) is 0.238. The first-order valence-electron chi connectivity index (χ1n) is 8.60. The fourth-order valence-corrected chi connectivity index (χ4v) is 3.25. The average molecular weight is 491 g/mol. The lowest BCUT2D eigenvalue weighted by Crippen LogP contribution is -2.14. The molecule has 0 aromatic heterocycles. The molecule has 28 heavy (non-hydrogen) atoms. The van der Waals surface area contributed by atoms with Crippen LogP contribution in [0.25, 0.3) is 6.08 Å². The van der Waals surface area contributed by atoms with E-state index in [4.69, 9.17) is 9.47 Å². The van der Waals surface area contributed by atoms with Gasteiger partial charge in [0.05, 0.1) is 17.3 Å². The zero-order valence-electron chi connectivity index (χ0n) is 16.2. The maximum absolute atomic E-state index is 12.5. The topological polar surface area (TPSA) is 74.6 Å². The molecule has 0 saturated carbocycles. The van der Waals surface area contributed by atoms with Crippen molar-refractivity contribution in [3.05, 3.63) is 51.1 Å². The molecule has 1 N–H and O–H groups in total. The maximum Gasteiger partial charge on any atom is 0.266 e. The van der Waals surface area contributed by atoms with Crippen molar-refractivity contribution in [1.82, 2.24) is 0 Å². The van der Waals surface area contributed by atoms with Gasteiger partial charge in [-0.2, -0.15) is 5.26 Å². The van der Waals surface area contributed by atoms with Crippen molar-refractivity contribution in [2.75, 3.05) is 38.0 Å². The summed E-state index contributed by atoms with van der Waals surface area (Å²) in [7, 11) is 5.43. The highest BCUT2D eigenvalue weighted by Gasteiger charge is 2.14. The van der Waals surface area contributed by atoms with E-state index in [0.717, 1.165) is 9.26 Å². The van der Waals surface area contributed by atoms with E-state index < -0.39 is 5.91 Å². The van der Waals surface area contributed by atoms with Crippen LogP contribution in [0.4, 0.5) is 11.4 Å². The van der Waals surface area contributed by atoms with Gasteiger partial charge in [-0.25, -0.2) is 0 Å². The standard InChI is InChI=1S/C21H22IN3O3/c1-5-28-20-18(22)11-14(12-19(20)27-4)10-15(13-23)21(26)24-16-6-8-17(9-7-16)25(2)3/h6-12H,5H2,1-4H3,(H,24,26)/b15-10-. The van der Waals surface area contributed by atoms with Gasteiger partial charge >= 0.3 is 0 Å². The van der Waals surface area contributed by atoms with Crippen molar-refractivity contribution < 1.29 is 14.3 Å². The van der Waals surface area contributed by atoms with Crippen LogP contribution in [0.15, 0.2) is 42.0 Å². The highest BCUT2D eigenvalue weighted by Crippen LogP contribution is 2.34. The molecular formula is C21H22IN3O3. The van der Waals surface area contributed by atoms with Crippen molar-refractivity contribution in [2.45, 2.75) is 6.92 Å². The molecule has 0 saturated heterocycles. The third-order valence-electron chi connectivity index (χ3n) is 3.86. The highest BCUT2D eigenvalue weighted by atomic mass is 127. The molecule has 146 valence electrons. The van der Waals surface area contributed by atoms with Gasteiger partial charge < -0.3 is 19.7 Å². The second kappa shape index (κ2) is 9.99. The molecule has 6 nitrogen and oxygen atoms in total. The first-order chi connectivity index (χ1) is 13.4. The summed E-state index contributed by atoms with van der Waals surface area (Å²) in [6.45, 7) is 2.41. The number of ether oxygens (including phenoxy) is 2. The first-order valence-corrected chi connectivity index (χ1v) is 9.68. The number of hydrogen-bond donors (Lipinski definition) is 1. The van der Waals surface area contributed by atoms with Crippen LogP contribution >= 0.6 is 22.6 Å². The summed E-state index contributed by atoms with van der Waals surface area (Å²) in [5.74, 6) is 0.728. The molecule has 0 spiro atoms. The van der Waals surface area contributed by atoms with Crippen molar-refractivity contribution in [1.29, 1.82) is 5.26 Å². The van der Waals surface area contributed by atoms with Crippen molar-refractivity contribution in [2.24, 2.45) is 0 Å². The molecule has 0 aliphatic rings. The number of hydrogen-bond acceptors (Lipinski definition) is 5. The summed E-state index contributed by atoms with van der Waals surface area (Å²) in [6.07, 6.45) is 1.53. The Hall–Kier alpha value is -2.73. The summed E-state index contributed by atoms with van der Waals surface area (Å²) in [5, 5.41) is 12.2. The van der Waals surface area contributed by atoms with Crippen molar-refractivity contribution in [3.8, 4) is 17.6 Å². The number of nitrogens with zero attached hydrogens (tertiary/aromatic N) is 2. The number of benzene rings is 2. The van der Waals surface area contributed by atoms with Gasteiger partial charge in [-0.3, -0.25) is 4.79 Å². The van der Waals surface area contributed by atoms with Crippen molar-refractivity contribution in [3.63, 3.8) is 0 Å². The normalized spacial score (nSPS) is 10.8. The lowest BCUT2D eigenvalue weighted by Gasteiger charge is -2.13. The van der Waals surface area contributed by atoms with Crippen LogP contribution in [-0.2, 0) is 4.79 Å². The van der Waals surface area contributed by atoms with Crippen LogP contribution in [0.5, 0.6) is 11.5 Å². The Morgan fingerprint density at radius 3 is 2.50 bits per heavy atom. The quantitative estimate of drug-likeness (QED) is 0.355. The average Bonchev–Trinajstić information content (AvgIpc) is 2.68. The van der Waals surface area contributed by atoms with E-state index in [-0.39, 0.29) is 5.57 Å². The molecule has 0 atom stereocenters. The number of halogens is 1. The smallest absolute Gasteiger partial charge is 0.266 e. The lowest BCUT2D eigenvalue weighted by molar-refractivity contribution is -0.112. The molecule has 0 unspecified atom stereocenters. The SMILES string of the molecule is CCOc1c(I)cc(/C=C(/C#N)C(=O)Nc2ccc(N(C)C)cc2)cc1OC. The second-order valence-electron chi connectivity index (χ2n) is 6.03. The predicted molar refractivity (Wildman–Crippen MR) is 120 cm³/mol. The minimum Gasteiger partial charge on any atom is -0.493 e. The number of carbonyl (C=O) groups excluding carboxylic acids is 1. The summed E-state index contributed by atoms with van der Waals surface area (Å²) in [5.41, 5.74) is 2.32. The van der Waals surface area contributed by atoms with E-state index in [1.54, 1.807) is 25.3 Å². The zero-order valence-corrected chi connectivity index (χ0v) is 18.4. The summed E-state index contributed by atoms with van der Waals surface area (Å²) in [6, 6.07) is 12.9. The summed E-state index contributed by atoms with van der Waals surface area (Å²) in [4.78, 5) is 14.5. The minimum atomic E-state index is -0.469. The Kier molecular flexibility index (Phi) is 7.70. The number of amides is 1. The molecule has 0 radical (unpaired) electrons. The largest absolute Gasteiger partial charge is 0.493 e. The van der Waals surface area contributed by atoms with Gasteiger partial charge in [0.25, 0.3) is 5.91 Å². The van der Waals surface area contributed by atoms with Crippen LogP contribution in [0.2, 0.25) is 0 Å². The van der Waals surface area contributed by atoms with Crippen molar-refractivity contribution >= 4 is 45.9 Å². The van der Waals surface area contributed by atoms with Gasteiger partial charge in [0.2, 0.25) is 0 Å². The number of methoxy groups -OCH3 is 1. The van der Waals surface area contributed by atoms with Crippen LogP contribution in [-0.4, -0.2) is 33.7 Å². The zero-order chi connectivity index (χ0) is 20.7. The van der Waals surface area contributed by atoms with Gasteiger partial charge in [-0.15, -0.1) is 0 Å². The highest BCUT2D eigenvalue weighted by molar-refractivity contribution is 14.1. The summed E-state index contributed by atoms with van der Waals surface area (Å²) < 4.78 is 11.8. The number of nitrogens with one attached hydrogen (secondary N) is 1. The van der Waals surface area contributed by atoms with Gasteiger partial charge in [-0.1, -0.05) is 0 Å². The van der Waals surface area contributed by atoms with E-state index in [0.29, 0.717) is 29.4 Å². The minimum absolute atomic E-state index is 0.00120. The number of carbonyl (C=O) groups is 1. The molecule has 2 aromatic carbocycles. The van der Waals surface area contributed by atoms with E-state index in [9.17, 15) is 10.1 Å². The molecule has 0 heterocycles. The Labute approximate surface area is 178 Å². The van der Waals surface area contributed by atoms with Crippen LogP contribution in [0, 0.1) is 14.9 Å². The molecule has 2 rings (SSSR count). The van der Waals surface area contributed by atoms with E-state index >= 15 is 0 Å². The van der Waals surface area contributed by atoms with E-state index in [2.05, 4.69) is 27.9 Å². The third kappa shape index (κ3) is 5.39. The number of rotatable bonds is 7. The Morgan fingerprint density at radius 1 is 1.29 bits per heavy atom. The molecular weight excluding hydrogens is 469 g/mol. The van der Waals surface area contributed by atoms with E-state index in [1.807, 2.05) is 50.2 Å². The summed E-state index contributed by atoms with van der Waals surface area (Å²) >= 11 is 2.14. The first kappa shape index (κ1) is 21.6.